The Kier molecular flexibility index (Phi) is 2.91. The van der Waals surface area contributed by atoms with Gasteiger partial charge < -0.3 is 5.11 Å². The van der Waals surface area contributed by atoms with Gasteiger partial charge in [-0.2, -0.15) is 11.8 Å². The maximum absolute atomic E-state index is 10.7. The van der Waals surface area contributed by atoms with Crippen molar-refractivity contribution in [2.24, 2.45) is 0 Å². The van der Waals surface area contributed by atoms with Crippen molar-refractivity contribution in [3.63, 3.8) is 0 Å². The van der Waals surface area contributed by atoms with Crippen LogP contribution in [0.4, 0.5) is 0 Å². The fourth-order valence-corrected chi connectivity index (χ4v) is 5.09. The van der Waals surface area contributed by atoms with E-state index in [2.05, 4.69) is 16.7 Å². The lowest BCUT2D eigenvalue weighted by Gasteiger charge is -2.35. The van der Waals surface area contributed by atoms with Crippen LogP contribution < -0.4 is 0 Å². The van der Waals surface area contributed by atoms with Gasteiger partial charge in [0.25, 0.3) is 0 Å². The number of hydrogen-bond donors (Lipinski definition) is 1. The maximum atomic E-state index is 10.7. The van der Waals surface area contributed by atoms with E-state index in [0.717, 1.165) is 30.7 Å². The molecule has 2 bridgehead atoms. The van der Waals surface area contributed by atoms with Crippen LogP contribution in [-0.2, 0) is 6.42 Å². The molecule has 92 valence electrons. The first-order chi connectivity index (χ1) is 8.13. The molecule has 1 aromatic rings. The molecule has 3 heterocycles. The number of thioether (sulfide) groups is 1. The number of nitrogens with zero attached hydrogens (tertiary/aromatic N) is 1. The van der Waals surface area contributed by atoms with Gasteiger partial charge in [0.1, 0.15) is 0 Å². The highest BCUT2D eigenvalue weighted by Gasteiger charge is 2.43. The monoisotopic (exact) mass is 249 g/mol. The smallest absolute Gasteiger partial charge is 0.0724 e. The van der Waals surface area contributed by atoms with E-state index in [0.29, 0.717) is 10.5 Å². The third-order valence-corrected chi connectivity index (χ3v) is 5.44. The van der Waals surface area contributed by atoms with Crippen molar-refractivity contribution in [3.05, 3.63) is 29.6 Å². The van der Waals surface area contributed by atoms with Crippen LogP contribution in [0.15, 0.2) is 18.2 Å². The second kappa shape index (κ2) is 4.29. The lowest BCUT2D eigenvalue weighted by Crippen LogP contribution is -2.39. The largest absolute Gasteiger partial charge is 0.389 e. The maximum Gasteiger partial charge on any atom is 0.0724 e. The number of hydrogen-bond acceptors (Lipinski definition) is 3. The summed E-state index contributed by atoms with van der Waals surface area (Å²) in [6.07, 6.45) is 5.20. The van der Waals surface area contributed by atoms with Crippen LogP contribution in [0.3, 0.4) is 0 Å². The molecular formula is C14H19NOS. The van der Waals surface area contributed by atoms with Crippen molar-refractivity contribution < 1.29 is 5.11 Å². The Morgan fingerprint density at radius 1 is 1.35 bits per heavy atom. The summed E-state index contributed by atoms with van der Waals surface area (Å²) in [6.45, 7) is 2.01. The van der Waals surface area contributed by atoms with E-state index in [-0.39, 0.29) is 0 Å². The summed E-state index contributed by atoms with van der Waals surface area (Å²) in [7, 11) is 0. The minimum atomic E-state index is -0.502. The van der Waals surface area contributed by atoms with Crippen LogP contribution in [0.2, 0.25) is 0 Å². The van der Waals surface area contributed by atoms with Gasteiger partial charge in [0.15, 0.2) is 0 Å². The van der Waals surface area contributed by atoms with Gasteiger partial charge in [0.05, 0.1) is 5.60 Å². The van der Waals surface area contributed by atoms with Crippen LogP contribution in [0.1, 0.15) is 37.1 Å². The highest BCUT2D eigenvalue weighted by molar-refractivity contribution is 8.00. The summed E-state index contributed by atoms with van der Waals surface area (Å²) in [4.78, 5) is 4.52. The number of aryl methyl sites for hydroxylation is 1. The lowest BCUT2D eigenvalue weighted by atomic mass is 9.88. The molecule has 2 aliphatic heterocycles. The van der Waals surface area contributed by atoms with E-state index in [9.17, 15) is 5.11 Å². The molecule has 2 aliphatic rings. The lowest BCUT2D eigenvalue weighted by molar-refractivity contribution is 0.0233. The molecule has 1 aromatic heterocycles. The quantitative estimate of drug-likeness (QED) is 0.875. The fraction of sp³-hybridized carbons (Fsp3) is 0.643. The van der Waals surface area contributed by atoms with Gasteiger partial charge >= 0.3 is 0 Å². The van der Waals surface area contributed by atoms with Crippen LogP contribution >= 0.6 is 11.8 Å². The predicted molar refractivity (Wildman–Crippen MR) is 71.3 cm³/mol. The summed E-state index contributed by atoms with van der Waals surface area (Å²) in [6, 6.07) is 6.08. The minimum absolute atomic E-state index is 0.502. The second-order valence-corrected chi connectivity index (χ2v) is 7.14. The van der Waals surface area contributed by atoms with E-state index in [1.165, 1.54) is 12.8 Å². The zero-order valence-electron chi connectivity index (χ0n) is 10.2. The van der Waals surface area contributed by atoms with Crippen molar-refractivity contribution in [3.8, 4) is 0 Å². The van der Waals surface area contributed by atoms with E-state index in [1.54, 1.807) is 0 Å². The van der Waals surface area contributed by atoms with Gasteiger partial charge in [0, 0.05) is 28.3 Å². The molecule has 0 saturated carbocycles. The first-order valence-electron chi connectivity index (χ1n) is 6.43. The van der Waals surface area contributed by atoms with Crippen molar-refractivity contribution in [2.45, 2.75) is 55.1 Å². The molecule has 2 fully saturated rings. The molecule has 17 heavy (non-hydrogen) atoms. The minimum Gasteiger partial charge on any atom is -0.389 e. The Hall–Kier alpha value is -0.540. The first kappa shape index (κ1) is 11.5. The van der Waals surface area contributed by atoms with E-state index >= 15 is 0 Å². The molecule has 2 atom stereocenters. The molecule has 2 unspecified atom stereocenters. The highest BCUT2D eigenvalue weighted by Crippen LogP contribution is 2.48. The Morgan fingerprint density at radius 3 is 2.71 bits per heavy atom. The summed E-state index contributed by atoms with van der Waals surface area (Å²) >= 11 is 2.09. The van der Waals surface area contributed by atoms with Crippen molar-refractivity contribution in [2.75, 3.05) is 0 Å². The Labute approximate surface area is 107 Å². The average molecular weight is 249 g/mol. The first-order valence-corrected chi connectivity index (χ1v) is 7.38. The summed E-state index contributed by atoms with van der Waals surface area (Å²) < 4.78 is 0. The third-order valence-electron chi connectivity index (χ3n) is 3.87. The molecule has 3 rings (SSSR count). The SMILES string of the molecule is Cc1cccc(CC2(O)CC3CCC(C2)S3)n1. The van der Waals surface area contributed by atoms with Gasteiger partial charge in [-0.1, -0.05) is 6.07 Å². The molecule has 3 heteroatoms. The van der Waals surface area contributed by atoms with Gasteiger partial charge in [-0.15, -0.1) is 0 Å². The summed E-state index contributed by atoms with van der Waals surface area (Å²) in [5.74, 6) is 0. The van der Waals surface area contributed by atoms with Crippen LogP contribution in [0, 0.1) is 6.92 Å². The molecule has 0 radical (unpaired) electrons. The van der Waals surface area contributed by atoms with E-state index in [4.69, 9.17) is 0 Å². The number of rotatable bonds is 2. The van der Waals surface area contributed by atoms with Crippen LogP contribution in [0.25, 0.3) is 0 Å². The molecule has 0 aromatic carbocycles. The van der Waals surface area contributed by atoms with Crippen molar-refractivity contribution in [1.82, 2.24) is 4.98 Å². The normalized spacial score (nSPS) is 36.1. The fourth-order valence-electron chi connectivity index (χ4n) is 3.19. The zero-order valence-corrected chi connectivity index (χ0v) is 11.0. The third kappa shape index (κ3) is 2.50. The molecular weight excluding hydrogens is 230 g/mol. The number of aromatic nitrogens is 1. The van der Waals surface area contributed by atoms with Gasteiger partial charge in [-0.25, -0.2) is 0 Å². The topological polar surface area (TPSA) is 33.1 Å². The van der Waals surface area contributed by atoms with Gasteiger partial charge in [-0.05, 0) is 44.7 Å². The molecule has 0 spiro atoms. The summed E-state index contributed by atoms with van der Waals surface area (Å²) in [5.41, 5.74) is 1.58. The molecule has 2 nitrogen and oxygen atoms in total. The van der Waals surface area contributed by atoms with E-state index < -0.39 is 5.60 Å². The van der Waals surface area contributed by atoms with Gasteiger partial charge in [0.2, 0.25) is 0 Å². The number of pyridine rings is 1. The molecule has 1 N–H and O–H groups in total. The molecule has 2 saturated heterocycles. The predicted octanol–water partition coefficient (Wildman–Crippen LogP) is 2.72. The zero-order chi connectivity index (χ0) is 11.9. The Bertz CT molecular complexity index is 408. The van der Waals surface area contributed by atoms with Crippen LogP contribution in [0.5, 0.6) is 0 Å². The number of aliphatic hydroxyl groups is 1. The van der Waals surface area contributed by atoms with Crippen molar-refractivity contribution in [1.29, 1.82) is 0 Å². The summed E-state index contributed by atoms with van der Waals surface area (Å²) in [5, 5.41) is 12.1. The average Bonchev–Trinajstić information content (AvgIpc) is 2.58. The molecule has 0 aliphatic carbocycles. The standard InChI is InChI=1S/C14H19NOS/c1-10-3-2-4-11(15-10)7-14(16)8-12-5-6-13(9-14)17-12/h2-4,12-13,16H,5-9H2,1H3. The van der Waals surface area contributed by atoms with Crippen molar-refractivity contribution >= 4 is 11.8 Å². The van der Waals surface area contributed by atoms with E-state index in [1.807, 2.05) is 25.1 Å². The van der Waals surface area contributed by atoms with Gasteiger partial charge in [-0.3, -0.25) is 4.98 Å². The second-order valence-electron chi connectivity index (χ2n) is 5.54. The van der Waals surface area contributed by atoms with Crippen LogP contribution in [-0.4, -0.2) is 26.2 Å². The number of fused-ring (bicyclic) bond motifs is 2. The highest BCUT2D eigenvalue weighted by atomic mass is 32.2. The Morgan fingerprint density at radius 2 is 2.06 bits per heavy atom. The molecule has 0 amide bonds. The Balaban J connectivity index is 1.76.